The highest BCUT2D eigenvalue weighted by Gasteiger charge is 2.24. The average molecular weight is 395 g/mol. The summed E-state index contributed by atoms with van der Waals surface area (Å²) in [6, 6.07) is 3.49. The Balaban J connectivity index is 2.75. The molecule has 1 rings (SSSR count). The van der Waals surface area contributed by atoms with E-state index in [1.165, 1.54) is 18.2 Å². The number of Topliss-reactive ketones (excluding diaryl/α,β-unsaturated/α-hetero) is 1. The van der Waals surface area contributed by atoms with Crippen molar-refractivity contribution >= 4 is 44.9 Å². The molecular weight excluding hydrogens is 375 g/mol. The van der Waals surface area contributed by atoms with Crippen molar-refractivity contribution in [1.29, 1.82) is 0 Å². The maximum atomic E-state index is 12.2. The number of ketones is 1. The van der Waals surface area contributed by atoms with E-state index in [9.17, 15) is 18.0 Å². The first-order chi connectivity index (χ1) is 11.0. The smallest absolute Gasteiger partial charge is 0.238 e. The second-order valence-electron chi connectivity index (χ2n) is 5.84. The van der Waals surface area contributed by atoms with Gasteiger partial charge < -0.3 is 5.32 Å². The van der Waals surface area contributed by atoms with Gasteiger partial charge in [-0.1, -0.05) is 37.0 Å². The van der Waals surface area contributed by atoms with Crippen molar-refractivity contribution in [2.45, 2.75) is 26.3 Å². The Morgan fingerprint density at radius 2 is 1.83 bits per heavy atom. The molecule has 6 nitrogen and oxygen atoms in total. The zero-order chi connectivity index (χ0) is 18.5. The first kappa shape index (κ1) is 20.9. The van der Waals surface area contributed by atoms with Gasteiger partial charge in [0.1, 0.15) is 6.04 Å². The first-order valence-corrected chi connectivity index (χ1v) is 9.87. The Morgan fingerprint density at radius 3 is 2.33 bits per heavy atom. The van der Waals surface area contributed by atoms with Crippen molar-refractivity contribution in [3.05, 3.63) is 33.8 Å². The van der Waals surface area contributed by atoms with Gasteiger partial charge in [0.05, 0.1) is 17.8 Å². The second-order valence-corrected chi connectivity index (χ2v) is 8.46. The summed E-state index contributed by atoms with van der Waals surface area (Å²) in [6.07, 6.45) is 1.29. The number of hydrogen-bond acceptors (Lipinski definition) is 4. The normalized spacial score (nSPS) is 12.9. The first-order valence-electron chi connectivity index (χ1n) is 7.23. The number of benzene rings is 1. The molecule has 0 fully saturated rings. The summed E-state index contributed by atoms with van der Waals surface area (Å²) in [7, 11) is -3.55. The molecule has 1 unspecified atom stereocenters. The van der Waals surface area contributed by atoms with Crippen LogP contribution in [0.2, 0.25) is 10.0 Å². The number of rotatable bonds is 8. The molecule has 134 valence electrons. The van der Waals surface area contributed by atoms with Crippen LogP contribution in [0.3, 0.4) is 0 Å². The van der Waals surface area contributed by atoms with E-state index in [-0.39, 0.29) is 23.0 Å². The molecule has 0 aromatic heterocycles. The van der Waals surface area contributed by atoms with Crippen LogP contribution in [0.25, 0.3) is 0 Å². The average Bonchev–Trinajstić information content (AvgIpc) is 2.41. The van der Waals surface area contributed by atoms with Crippen molar-refractivity contribution in [3.63, 3.8) is 0 Å². The van der Waals surface area contributed by atoms with Gasteiger partial charge in [-0.25, -0.2) is 13.1 Å². The number of nitrogens with one attached hydrogen (secondary N) is 2. The van der Waals surface area contributed by atoms with Gasteiger partial charge >= 0.3 is 0 Å². The fourth-order valence-electron chi connectivity index (χ4n) is 2.04. The minimum atomic E-state index is -3.55. The van der Waals surface area contributed by atoms with Crippen molar-refractivity contribution in [2.24, 2.45) is 5.92 Å². The van der Waals surface area contributed by atoms with E-state index in [2.05, 4.69) is 10.0 Å². The van der Waals surface area contributed by atoms with Crippen molar-refractivity contribution in [2.75, 3.05) is 12.8 Å². The monoisotopic (exact) mass is 394 g/mol. The molecule has 0 aliphatic carbocycles. The third-order valence-corrected chi connectivity index (χ3v) is 4.30. The van der Waals surface area contributed by atoms with Crippen LogP contribution in [-0.4, -0.2) is 39.0 Å². The summed E-state index contributed by atoms with van der Waals surface area (Å²) in [4.78, 5) is 24.3. The maximum absolute atomic E-state index is 12.2. The fourth-order valence-corrected chi connectivity index (χ4v) is 3.27. The molecule has 0 saturated heterocycles. The summed E-state index contributed by atoms with van der Waals surface area (Å²) in [5.41, 5.74) is 0.234. The van der Waals surface area contributed by atoms with E-state index in [4.69, 9.17) is 23.2 Å². The standard InChI is InChI=1S/C15H20Cl2N2O4S/c1-9(2)6-13(19-24(3,22)23)15(21)18-8-14(20)11-5-4-10(16)7-12(11)17/h4-5,7,9,13,19H,6,8H2,1-3H3,(H,18,21). The lowest BCUT2D eigenvalue weighted by Gasteiger charge is -2.19. The minimum Gasteiger partial charge on any atom is -0.347 e. The Labute approximate surface area is 152 Å². The molecular formula is C15H20Cl2N2O4S. The van der Waals surface area contributed by atoms with Gasteiger partial charge in [0.2, 0.25) is 15.9 Å². The summed E-state index contributed by atoms with van der Waals surface area (Å²) in [5.74, 6) is -0.864. The van der Waals surface area contributed by atoms with Gasteiger partial charge in [-0.3, -0.25) is 9.59 Å². The Hall–Kier alpha value is -1.15. The number of sulfonamides is 1. The van der Waals surface area contributed by atoms with Gasteiger partial charge in [0.15, 0.2) is 5.78 Å². The lowest BCUT2D eigenvalue weighted by Crippen LogP contribution is -2.48. The second kappa shape index (κ2) is 8.80. The van der Waals surface area contributed by atoms with E-state index in [1.807, 2.05) is 13.8 Å². The molecule has 1 aromatic rings. The van der Waals surface area contributed by atoms with Gasteiger partial charge in [-0.2, -0.15) is 0 Å². The lowest BCUT2D eigenvalue weighted by molar-refractivity contribution is -0.122. The highest BCUT2D eigenvalue weighted by molar-refractivity contribution is 7.88. The van der Waals surface area contributed by atoms with E-state index in [0.717, 1.165) is 6.26 Å². The SMILES string of the molecule is CC(C)CC(NS(C)(=O)=O)C(=O)NCC(=O)c1ccc(Cl)cc1Cl. The van der Waals surface area contributed by atoms with Crippen molar-refractivity contribution in [3.8, 4) is 0 Å². The molecule has 0 spiro atoms. The highest BCUT2D eigenvalue weighted by Crippen LogP contribution is 2.21. The van der Waals surface area contributed by atoms with Crippen molar-refractivity contribution in [1.82, 2.24) is 10.0 Å². The topological polar surface area (TPSA) is 92.3 Å². The number of amides is 1. The molecule has 0 saturated carbocycles. The van der Waals surface area contributed by atoms with Crippen LogP contribution >= 0.6 is 23.2 Å². The molecule has 1 atom stereocenters. The summed E-state index contributed by atoms with van der Waals surface area (Å²) < 4.78 is 25.0. The fraction of sp³-hybridized carbons (Fsp3) is 0.467. The predicted molar refractivity (Wildman–Crippen MR) is 95.0 cm³/mol. The third kappa shape index (κ3) is 7.17. The Morgan fingerprint density at radius 1 is 1.21 bits per heavy atom. The molecule has 1 aromatic carbocycles. The summed E-state index contributed by atoms with van der Waals surface area (Å²) >= 11 is 11.7. The van der Waals surface area contributed by atoms with E-state index >= 15 is 0 Å². The van der Waals surface area contributed by atoms with E-state index in [0.29, 0.717) is 11.4 Å². The van der Waals surface area contributed by atoms with E-state index < -0.39 is 27.8 Å². The minimum absolute atomic E-state index is 0.0939. The predicted octanol–water partition coefficient (Wildman–Crippen LogP) is 2.26. The molecule has 0 radical (unpaired) electrons. The van der Waals surface area contributed by atoms with Gasteiger partial charge in [-0.15, -0.1) is 0 Å². The quantitative estimate of drug-likeness (QED) is 0.661. The number of hydrogen-bond donors (Lipinski definition) is 2. The molecule has 0 bridgehead atoms. The molecule has 0 heterocycles. The van der Waals surface area contributed by atoms with Crippen LogP contribution in [0.15, 0.2) is 18.2 Å². The van der Waals surface area contributed by atoms with Crippen LogP contribution in [-0.2, 0) is 14.8 Å². The summed E-state index contributed by atoms with van der Waals surface area (Å²) in [5, 5.41) is 3.03. The lowest BCUT2D eigenvalue weighted by atomic mass is 10.0. The molecule has 2 N–H and O–H groups in total. The number of carbonyl (C=O) groups excluding carboxylic acids is 2. The van der Waals surface area contributed by atoms with E-state index in [1.54, 1.807) is 0 Å². The molecule has 1 amide bonds. The highest BCUT2D eigenvalue weighted by atomic mass is 35.5. The Kier molecular flexibility index (Phi) is 7.66. The summed E-state index contributed by atoms with van der Waals surface area (Å²) in [6.45, 7) is 3.44. The van der Waals surface area contributed by atoms with Gasteiger partial charge in [0, 0.05) is 10.6 Å². The maximum Gasteiger partial charge on any atom is 0.238 e. The van der Waals surface area contributed by atoms with Crippen LogP contribution in [0.4, 0.5) is 0 Å². The van der Waals surface area contributed by atoms with Crippen LogP contribution in [0.5, 0.6) is 0 Å². The zero-order valence-corrected chi connectivity index (χ0v) is 15.9. The number of halogens is 2. The van der Waals surface area contributed by atoms with Gasteiger partial charge in [-0.05, 0) is 30.5 Å². The molecule has 0 aliphatic heterocycles. The molecule has 0 aliphatic rings. The molecule has 24 heavy (non-hydrogen) atoms. The number of carbonyl (C=O) groups is 2. The van der Waals surface area contributed by atoms with Crippen molar-refractivity contribution < 1.29 is 18.0 Å². The van der Waals surface area contributed by atoms with Crippen LogP contribution < -0.4 is 10.0 Å². The van der Waals surface area contributed by atoms with Gasteiger partial charge in [0.25, 0.3) is 0 Å². The Bertz CT molecular complexity index is 720. The molecule has 9 heteroatoms. The van der Waals surface area contributed by atoms with Crippen LogP contribution in [0, 0.1) is 5.92 Å². The van der Waals surface area contributed by atoms with Crippen LogP contribution in [0.1, 0.15) is 30.6 Å². The largest absolute Gasteiger partial charge is 0.347 e. The zero-order valence-electron chi connectivity index (χ0n) is 13.6. The third-order valence-electron chi connectivity index (χ3n) is 3.03.